The van der Waals surface area contributed by atoms with Gasteiger partial charge in [0.15, 0.2) is 6.61 Å². The Morgan fingerprint density at radius 3 is 2.90 bits per heavy atom. The second kappa shape index (κ2) is 6.39. The van der Waals surface area contributed by atoms with Crippen molar-refractivity contribution in [2.45, 2.75) is 13.8 Å². The van der Waals surface area contributed by atoms with Gasteiger partial charge in [-0.2, -0.15) is 0 Å². The standard InChI is InChI=1S/C15H18N2O4/c1-10(2)6-16-14(19)7-17-12-5-11(8-18)3-4-13(12)21-9-15(17)20/h3-5,8,10H,6-7,9H2,1-2H3,(H,16,19). The number of hydrogen-bond donors (Lipinski definition) is 1. The molecule has 0 aliphatic carbocycles. The zero-order valence-corrected chi connectivity index (χ0v) is 12.1. The lowest BCUT2D eigenvalue weighted by atomic mass is 10.1. The van der Waals surface area contributed by atoms with E-state index in [1.807, 2.05) is 13.8 Å². The summed E-state index contributed by atoms with van der Waals surface area (Å²) in [6.45, 7) is 4.35. The van der Waals surface area contributed by atoms with Crippen molar-refractivity contribution in [3.05, 3.63) is 23.8 Å². The number of ether oxygens (including phenoxy) is 1. The zero-order valence-electron chi connectivity index (χ0n) is 12.1. The molecule has 0 bridgehead atoms. The number of aldehydes is 1. The van der Waals surface area contributed by atoms with Crippen LogP contribution in [0.4, 0.5) is 5.69 Å². The average molecular weight is 290 g/mol. The number of benzene rings is 1. The van der Waals surface area contributed by atoms with E-state index in [9.17, 15) is 14.4 Å². The van der Waals surface area contributed by atoms with Gasteiger partial charge in [0.05, 0.1) is 5.69 Å². The maximum atomic E-state index is 12.0. The van der Waals surface area contributed by atoms with Crippen LogP contribution in [0.3, 0.4) is 0 Å². The van der Waals surface area contributed by atoms with Crippen molar-refractivity contribution in [3.63, 3.8) is 0 Å². The molecule has 1 aromatic rings. The first kappa shape index (κ1) is 15.0. The van der Waals surface area contributed by atoms with Gasteiger partial charge in [-0.25, -0.2) is 0 Å². The summed E-state index contributed by atoms with van der Waals surface area (Å²) in [6.07, 6.45) is 0.691. The predicted octanol–water partition coefficient (Wildman–Crippen LogP) is 0.997. The van der Waals surface area contributed by atoms with Gasteiger partial charge in [0.1, 0.15) is 18.6 Å². The van der Waals surface area contributed by atoms with Crippen molar-refractivity contribution in [1.82, 2.24) is 5.32 Å². The maximum absolute atomic E-state index is 12.0. The Kier molecular flexibility index (Phi) is 4.57. The molecule has 112 valence electrons. The molecule has 1 aliphatic rings. The van der Waals surface area contributed by atoms with Gasteiger partial charge in [0.2, 0.25) is 5.91 Å². The number of carbonyl (C=O) groups excluding carboxylic acids is 3. The molecule has 0 atom stereocenters. The number of rotatable bonds is 5. The summed E-state index contributed by atoms with van der Waals surface area (Å²) in [6, 6.07) is 4.79. The Balaban J connectivity index is 2.17. The fraction of sp³-hybridized carbons (Fsp3) is 0.400. The van der Waals surface area contributed by atoms with Gasteiger partial charge in [-0.1, -0.05) is 13.8 Å². The van der Waals surface area contributed by atoms with Crippen LogP contribution in [0, 0.1) is 5.92 Å². The number of fused-ring (bicyclic) bond motifs is 1. The minimum atomic E-state index is -0.301. The SMILES string of the molecule is CC(C)CNC(=O)CN1C(=O)COc2ccc(C=O)cc21. The molecule has 6 heteroatoms. The highest BCUT2D eigenvalue weighted by Gasteiger charge is 2.27. The van der Waals surface area contributed by atoms with E-state index >= 15 is 0 Å². The molecule has 1 aromatic carbocycles. The number of hydrogen-bond acceptors (Lipinski definition) is 4. The lowest BCUT2D eigenvalue weighted by Gasteiger charge is -2.29. The van der Waals surface area contributed by atoms with Gasteiger partial charge >= 0.3 is 0 Å². The molecular weight excluding hydrogens is 272 g/mol. The van der Waals surface area contributed by atoms with Gasteiger partial charge in [-0.05, 0) is 24.1 Å². The Morgan fingerprint density at radius 1 is 1.48 bits per heavy atom. The third-order valence-electron chi connectivity index (χ3n) is 3.07. The van der Waals surface area contributed by atoms with Crippen LogP contribution in [0.2, 0.25) is 0 Å². The first-order chi connectivity index (χ1) is 10.0. The second-order valence-corrected chi connectivity index (χ2v) is 5.31. The summed E-state index contributed by atoms with van der Waals surface area (Å²) in [5, 5.41) is 2.77. The Hall–Kier alpha value is -2.37. The van der Waals surface area contributed by atoms with Crippen molar-refractivity contribution in [3.8, 4) is 5.75 Å². The van der Waals surface area contributed by atoms with Gasteiger partial charge in [-0.3, -0.25) is 19.3 Å². The van der Waals surface area contributed by atoms with E-state index in [1.54, 1.807) is 18.2 Å². The smallest absolute Gasteiger partial charge is 0.265 e. The molecule has 1 heterocycles. The molecule has 2 amide bonds. The van der Waals surface area contributed by atoms with Crippen molar-refractivity contribution in [2.24, 2.45) is 5.92 Å². The number of nitrogens with zero attached hydrogens (tertiary/aromatic N) is 1. The van der Waals surface area contributed by atoms with Crippen LogP contribution in [0.25, 0.3) is 0 Å². The number of amides is 2. The van der Waals surface area contributed by atoms with Crippen molar-refractivity contribution < 1.29 is 19.1 Å². The van der Waals surface area contributed by atoms with E-state index in [1.165, 1.54) is 4.90 Å². The molecule has 0 saturated carbocycles. The molecule has 0 fully saturated rings. The summed E-state index contributed by atoms with van der Waals surface area (Å²) in [5.74, 6) is 0.298. The summed E-state index contributed by atoms with van der Waals surface area (Å²) < 4.78 is 5.31. The lowest BCUT2D eigenvalue weighted by molar-refractivity contribution is -0.125. The third-order valence-corrected chi connectivity index (χ3v) is 3.07. The third kappa shape index (κ3) is 3.59. The van der Waals surface area contributed by atoms with Crippen molar-refractivity contribution >= 4 is 23.8 Å². The molecule has 1 aliphatic heterocycles. The Morgan fingerprint density at radius 2 is 2.24 bits per heavy atom. The first-order valence-electron chi connectivity index (χ1n) is 6.80. The first-order valence-corrected chi connectivity index (χ1v) is 6.80. The molecule has 0 unspecified atom stereocenters. The number of anilines is 1. The molecule has 1 N–H and O–H groups in total. The van der Waals surface area contributed by atoms with E-state index in [0.717, 1.165) is 0 Å². The van der Waals surface area contributed by atoms with Crippen LogP contribution in [-0.2, 0) is 9.59 Å². The van der Waals surface area contributed by atoms with Crippen LogP contribution < -0.4 is 15.0 Å². The molecular formula is C15H18N2O4. The number of carbonyl (C=O) groups is 3. The van der Waals surface area contributed by atoms with Gasteiger partial charge in [0, 0.05) is 12.1 Å². The monoisotopic (exact) mass is 290 g/mol. The second-order valence-electron chi connectivity index (χ2n) is 5.31. The predicted molar refractivity (Wildman–Crippen MR) is 77.5 cm³/mol. The summed E-state index contributed by atoms with van der Waals surface area (Å²) in [4.78, 5) is 36.1. The molecule has 0 radical (unpaired) electrons. The zero-order chi connectivity index (χ0) is 15.4. The van der Waals surface area contributed by atoms with Crippen LogP contribution in [-0.4, -0.2) is 37.8 Å². The van der Waals surface area contributed by atoms with Crippen molar-refractivity contribution in [2.75, 3.05) is 24.6 Å². The summed E-state index contributed by atoms with van der Waals surface area (Å²) >= 11 is 0. The fourth-order valence-electron chi connectivity index (χ4n) is 1.98. The van der Waals surface area contributed by atoms with Crippen LogP contribution in [0.5, 0.6) is 5.75 Å². The van der Waals surface area contributed by atoms with E-state index < -0.39 is 0 Å². The quantitative estimate of drug-likeness (QED) is 0.821. The normalized spacial score (nSPS) is 13.7. The van der Waals surface area contributed by atoms with Gasteiger partial charge in [-0.15, -0.1) is 0 Å². The Bertz CT molecular complexity index is 569. The highest BCUT2D eigenvalue weighted by molar-refractivity contribution is 6.02. The topological polar surface area (TPSA) is 75.7 Å². The fourth-order valence-corrected chi connectivity index (χ4v) is 1.98. The molecule has 6 nitrogen and oxygen atoms in total. The molecule has 0 spiro atoms. The summed E-state index contributed by atoms with van der Waals surface area (Å²) in [5.41, 5.74) is 0.884. The molecule has 21 heavy (non-hydrogen) atoms. The molecule has 0 saturated heterocycles. The Labute approximate surface area is 123 Å². The van der Waals surface area contributed by atoms with Crippen LogP contribution >= 0.6 is 0 Å². The van der Waals surface area contributed by atoms with Crippen LogP contribution in [0.15, 0.2) is 18.2 Å². The van der Waals surface area contributed by atoms with Crippen molar-refractivity contribution in [1.29, 1.82) is 0 Å². The van der Waals surface area contributed by atoms with Gasteiger partial charge < -0.3 is 10.1 Å². The molecule has 0 aromatic heterocycles. The number of nitrogens with one attached hydrogen (secondary N) is 1. The van der Waals surface area contributed by atoms with E-state index in [2.05, 4.69) is 5.32 Å². The average Bonchev–Trinajstić information content (AvgIpc) is 2.47. The maximum Gasteiger partial charge on any atom is 0.265 e. The minimum Gasteiger partial charge on any atom is -0.482 e. The molecule has 2 rings (SSSR count). The highest BCUT2D eigenvalue weighted by atomic mass is 16.5. The summed E-state index contributed by atoms with van der Waals surface area (Å²) in [7, 11) is 0. The van der Waals surface area contributed by atoms with E-state index in [0.29, 0.717) is 35.7 Å². The largest absolute Gasteiger partial charge is 0.482 e. The van der Waals surface area contributed by atoms with E-state index in [4.69, 9.17) is 4.74 Å². The minimum absolute atomic E-state index is 0.0791. The highest BCUT2D eigenvalue weighted by Crippen LogP contribution is 2.32. The van der Waals surface area contributed by atoms with Crippen LogP contribution in [0.1, 0.15) is 24.2 Å². The lowest BCUT2D eigenvalue weighted by Crippen LogP contribution is -2.45. The van der Waals surface area contributed by atoms with E-state index in [-0.39, 0.29) is 25.0 Å². The van der Waals surface area contributed by atoms with Gasteiger partial charge in [0.25, 0.3) is 5.91 Å².